The van der Waals surface area contributed by atoms with Crippen LogP contribution >= 0.6 is 27.7 Å². The van der Waals surface area contributed by atoms with Crippen LogP contribution in [0.5, 0.6) is 0 Å². The molecule has 5 nitrogen and oxygen atoms in total. The number of nitrogens with zero attached hydrogens (tertiary/aromatic N) is 4. The summed E-state index contributed by atoms with van der Waals surface area (Å²) < 4.78 is 0.817. The largest absolute Gasteiger partial charge is 0.372 e. The molecule has 88 valence electrons. The fraction of sp³-hybridized carbons (Fsp3) is 0.200. The van der Waals surface area contributed by atoms with Gasteiger partial charge in [-0.15, -0.1) is 0 Å². The Labute approximate surface area is 112 Å². The Hall–Kier alpha value is -1.21. The Kier molecular flexibility index (Phi) is 3.90. The minimum absolute atomic E-state index is 0.673. The maximum atomic E-state index is 4.32. The van der Waals surface area contributed by atoms with Crippen LogP contribution in [0.2, 0.25) is 0 Å². The average Bonchev–Trinajstić information content (AvgIpc) is 2.32. The zero-order valence-corrected chi connectivity index (χ0v) is 11.7. The molecule has 2 heterocycles. The predicted octanol–water partition coefficient (Wildman–Crippen LogP) is 2.53. The summed E-state index contributed by atoms with van der Waals surface area (Å²) in [6, 6.07) is 1.86. The van der Waals surface area contributed by atoms with Crippen molar-refractivity contribution in [2.24, 2.45) is 0 Å². The molecule has 0 atom stereocenters. The van der Waals surface area contributed by atoms with Gasteiger partial charge in [0.1, 0.15) is 17.2 Å². The number of halogens is 1. The van der Waals surface area contributed by atoms with E-state index in [0.29, 0.717) is 5.16 Å². The van der Waals surface area contributed by atoms with Crippen LogP contribution in [0.4, 0.5) is 5.82 Å². The van der Waals surface area contributed by atoms with Gasteiger partial charge in [0, 0.05) is 18.9 Å². The lowest BCUT2D eigenvalue weighted by Crippen LogP contribution is -1.97. The number of aromatic nitrogens is 4. The molecular formula is C10H10BrN5S. The number of hydrogen-bond donors (Lipinski definition) is 1. The van der Waals surface area contributed by atoms with Crippen molar-refractivity contribution in [2.45, 2.75) is 17.1 Å². The third kappa shape index (κ3) is 2.92. The highest BCUT2D eigenvalue weighted by Crippen LogP contribution is 2.32. The smallest absolute Gasteiger partial charge is 0.194 e. The number of aryl methyl sites for hydroxylation is 1. The van der Waals surface area contributed by atoms with Gasteiger partial charge in [0.15, 0.2) is 5.16 Å². The molecular weight excluding hydrogens is 302 g/mol. The lowest BCUT2D eigenvalue weighted by molar-refractivity contribution is 0.923. The highest BCUT2D eigenvalue weighted by Gasteiger charge is 2.10. The van der Waals surface area contributed by atoms with Crippen molar-refractivity contribution < 1.29 is 0 Å². The van der Waals surface area contributed by atoms with Crippen molar-refractivity contribution in [3.63, 3.8) is 0 Å². The molecule has 0 fully saturated rings. The van der Waals surface area contributed by atoms with E-state index >= 15 is 0 Å². The van der Waals surface area contributed by atoms with Gasteiger partial charge in [-0.2, -0.15) is 0 Å². The van der Waals surface area contributed by atoms with E-state index < -0.39 is 0 Å². The predicted molar refractivity (Wildman–Crippen MR) is 70.2 cm³/mol. The van der Waals surface area contributed by atoms with E-state index in [1.807, 2.05) is 20.0 Å². The third-order valence-electron chi connectivity index (χ3n) is 1.95. The lowest BCUT2D eigenvalue weighted by atomic mass is 10.5. The zero-order chi connectivity index (χ0) is 12.3. The third-order valence-corrected chi connectivity index (χ3v) is 3.85. The van der Waals surface area contributed by atoms with Crippen LogP contribution in [-0.2, 0) is 0 Å². The van der Waals surface area contributed by atoms with Crippen molar-refractivity contribution in [3.8, 4) is 0 Å². The summed E-state index contributed by atoms with van der Waals surface area (Å²) >= 11 is 4.85. The molecule has 0 unspecified atom stereocenters. The summed E-state index contributed by atoms with van der Waals surface area (Å²) in [7, 11) is 1.81. The summed E-state index contributed by atoms with van der Waals surface area (Å²) in [5, 5.41) is 4.44. The van der Waals surface area contributed by atoms with Gasteiger partial charge in [-0.05, 0) is 40.7 Å². The number of hydrogen-bond acceptors (Lipinski definition) is 6. The van der Waals surface area contributed by atoms with E-state index in [0.717, 1.165) is 21.0 Å². The van der Waals surface area contributed by atoms with Crippen molar-refractivity contribution in [1.82, 2.24) is 19.9 Å². The van der Waals surface area contributed by atoms with Crippen molar-refractivity contribution in [2.75, 3.05) is 12.4 Å². The molecule has 0 spiro atoms. The Morgan fingerprint density at radius 3 is 2.82 bits per heavy atom. The van der Waals surface area contributed by atoms with Gasteiger partial charge < -0.3 is 5.32 Å². The standard InChI is InChI=1S/C10H10BrN5S/c1-6-3-4-13-10(16-6)17-9-7(11)8(12-2)14-5-15-9/h3-5H,1-2H3,(H,12,14,15). The summed E-state index contributed by atoms with van der Waals surface area (Å²) in [5.74, 6) is 0.746. The van der Waals surface area contributed by atoms with E-state index in [1.165, 1.54) is 18.1 Å². The molecule has 2 aromatic heterocycles. The summed E-state index contributed by atoms with van der Waals surface area (Å²) in [6.07, 6.45) is 3.24. The van der Waals surface area contributed by atoms with Crippen LogP contribution < -0.4 is 5.32 Å². The van der Waals surface area contributed by atoms with E-state index in [4.69, 9.17) is 0 Å². The Bertz CT molecular complexity index is 534. The van der Waals surface area contributed by atoms with Gasteiger partial charge in [-0.3, -0.25) is 0 Å². The molecule has 0 aliphatic heterocycles. The molecule has 0 aliphatic rings. The van der Waals surface area contributed by atoms with E-state index in [1.54, 1.807) is 6.20 Å². The SMILES string of the molecule is CNc1ncnc(Sc2nccc(C)n2)c1Br. The second-order valence-electron chi connectivity index (χ2n) is 3.17. The van der Waals surface area contributed by atoms with Crippen molar-refractivity contribution in [3.05, 3.63) is 28.8 Å². The van der Waals surface area contributed by atoms with Gasteiger partial charge in [0.2, 0.25) is 0 Å². The molecule has 2 aromatic rings. The first-order valence-corrected chi connectivity index (χ1v) is 6.47. The van der Waals surface area contributed by atoms with Crippen LogP contribution in [0.1, 0.15) is 5.69 Å². The van der Waals surface area contributed by atoms with E-state index in [9.17, 15) is 0 Å². The maximum absolute atomic E-state index is 4.32. The second-order valence-corrected chi connectivity index (χ2v) is 4.92. The molecule has 0 saturated carbocycles. The number of rotatable bonds is 3. The Morgan fingerprint density at radius 2 is 2.12 bits per heavy atom. The molecule has 0 radical (unpaired) electrons. The first kappa shape index (κ1) is 12.3. The van der Waals surface area contributed by atoms with Crippen LogP contribution in [0, 0.1) is 6.92 Å². The second kappa shape index (κ2) is 5.42. The van der Waals surface area contributed by atoms with Crippen LogP contribution in [0.3, 0.4) is 0 Å². The van der Waals surface area contributed by atoms with Crippen molar-refractivity contribution >= 4 is 33.5 Å². The van der Waals surface area contributed by atoms with Gasteiger partial charge in [0.25, 0.3) is 0 Å². The van der Waals surface area contributed by atoms with Gasteiger partial charge >= 0.3 is 0 Å². The van der Waals surface area contributed by atoms with Crippen molar-refractivity contribution in [1.29, 1.82) is 0 Å². The minimum Gasteiger partial charge on any atom is -0.372 e. The molecule has 0 saturated heterocycles. The first-order valence-electron chi connectivity index (χ1n) is 4.86. The topological polar surface area (TPSA) is 63.6 Å². The molecule has 0 amide bonds. The Morgan fingerprint density at radius 1 is 1.29 bits per heavy atom. The van der Waals surface area contributed by atoms with Gasteiger partial charge in [-0.25, -0.2) is 19.9 Å². The highest BCUT2D eigenvalue weighted by molar-refractivity contribution is 9.10. The first-order chi connectivity index (χ1) is 8.20. The fourth-order valence-corrected chi connectivity index (χ4v) is 2.57. The van der Waals surface area contributed by atoms with E-state index in [-0.39, 0.29) is 0 Å². The Balaban J connectivity index is 2.30. The molecule has 1 N–H and O–H groups in total. The normalized spacial score (nSPS) is 10.3. The van der Waals surface area contributed by atoms with Crippen LogP contribution in [0.25, 0.3) is 0 Å². The summed E-state index contributed by atoms with van der Waals surface area (Å²) in [4.78, 5) is 16.8. The minimum atomic E-state index is 0.673. The monoisotopic (exact) mass is 311 g/mol. The average molecular weight is 312 g/mol. The van der Waals surface area contributed by atoms with Gasteiger partial charge in [0.05, 0.1) is 4.47 Å². The quantitative estimate of drug-likeness (QED) is 0.694. The highest BCUT2D eigenvalue weighted by atomic mass is 79.9. The molecule has 0 bridgehead atoms. The fourth-order valence-electron chi connectivity index (χ4n) is 1.16. The summed E-state index contributed by atoms with van der Waals surface area (Å²) in [5.41, 5.74) is 0.932. The van der Waals surface area contributed by atoms with Crippen LogP contribution in [0.15, 0.2) is 33.2 Å². The molecule has 0 aromatic carbocycles. The van der Waals surface area contributed by atoms with Gasteiger partial charge in [-0.1, -0.05) is 0 Å². The molecule has 0 aliphatic carbocycles. The molecule has 2 rings (SSSR count). The van der Waals surface area contributed by atoms with Crippen LogP contribution in [-0.4, -0.2) is 27.0 Å². The molecule has 17 heavy (non-hydrogen) atoms. The maximum Gasteiger partial charge on any atom is 0.194 e. The lowest BCUT2D eigenvalue weighted by Gasteiger charge is -2.06. The number of anilines is 1. The summed E-state index contributed by atoms with van der Waals surface area (Å²) in [6.45, 7) is 1.93. The number of nitrogens with one attached hydrogen (secondary N) is 1. The van der Waals surface area contributed by atoms with E-state index in [2.05, 4.69) is 41.2 Å². The molecule has 7 heteroatoms. The zero-order valence-electron chi connectivity index (χ0n) is 9.31.